The van der Waals surface area contributed by atoms with Crippen molar-refractivity contribution in [3.8, 4) is 0 Å². The Morgan fingerprint density at radius 2 is 1.89 bits per heavy atom. The van der Waals surface area contributed by atoms with E-state index < -0.39 is 10.0 Å². The number of nitrogens with zero attached hydrogens (tertiary/aromatic N) is 5. The van der Waals surface area contributed by atoms with E-state index in [1.165, 1.54) is 10.7 Å². The highest BCUT2D eigenvalue weighted by Crippen LogP contribution is 2.28. The third-order valence-electron chi connectivity index (χ3n) is 5.09. The van der Waals surface area contributed by atoms with E-state index in [1.807, 2.05) is 4.68 Å². The van der Waals surface area contributed by atoms with E-state index in [0.29, 0.717) is 41.4 Å². The van der Waals surface area contributed by atoms with Gasteiger partial charge in [0.05, 0.1) is 11.0 Å². The third-order valence-corrected chi connectivity index (χ3v) is 9.12. The van der Waals surface area contributed by atoms with Gasteiger partial charge in [-0.2, -0.15) is 9.40 Å². The molecule has 4 heterocycles. The maximum Gasteiger partial charge on any atom is 0.252 e. The van der Waals surface area contributed by atoms with Gasteiger partial charge in [0.25, 0.3) is 10.0 Å². The summed E-state index contributed by atoms with van der Waals surface area (Å²) in [7, 11) is -3.46. The molecular formula is C16H22ClN5O2S3. The molecule has 2 aliphatic rings. The van der Waals surface area contributed by atoms with Gasteiger partial charge in [0.2, 0.25) is 0 Å². The molecule has 11 heteroatoms. The lowest BCUT2D eigenvalue weighted by molar-refractivity contribution is 0.144. The summed E-state index contributed by atoms with van der Waals surface area (Å²) in [6.07, 6.45) is 4.52. The maximum absolute atomic E-state index is 12.7. The molecule has 1 saturated heterocycles. The Bertz CT molecular complexity index is 973. The van der Waals surface area contributed by atoms with Gasteiger partial charge in [0.15, 0.2) is 4.77 Å². The minimum atomic E-state index is -3.46. The molecule has 0 N–H and O–H groups in total. The Balaban J connectivity index is 1.41. The molecule has 7 nitrogen and oxygen atoms in total. The number of halogens is 1. The molecule has 0 atom stereocenters. The molecule has 0 radical (unpaired) electrons. The monoisotopic (exact) mass is 447 g/mol. The van der Waals surface area contributed by atoms with E-state index in [4.69, 9.17) is 28.9 Å². The van der Waals surface area contributed by atoms with Crippen molar-refractivity contribution in [2.45, 2.75) is 43.1 Å². The summed E-state index contributed by atoms with van der Waals surface area (Å²) in [5, 5.41) is 4.71. The van der Waals surface area contributed by atoms with Crippen LogP contribution in [0.15, 0.2) is 16.3 Å². The van der Waals surface area contributed by atoms with Crippen LogP contribution < -0.4 is 0 Å². The zero-order chi connectivity index (χ0) is 19.0. The van der Waals surface area contributed by atoms with Crippen LogP contribution in [0.5, 0.6) is 0 Å². The van der Waals surface area contributed by atoms with Crippen molar-refractivity contribution in [1.82, 2.24) is 23.6 Å². The summed E-state index contributed by atoms with van der Waals surface area (Å²) in [6, 6.07) is 3.20. The summed E-state index contributed by atoms with van der Waals surface area (Å²) in [5.74, 6) is 1.08. The highest BCUT2D eigenvalue weighted by Gasteiger charge is 2.30. The lowest BCUT2D eigenvalue weighted by Gasteiger charge is -2.33. The molecule has 2 aromatic rings. The van der Waals surface area contributed by atoms with E-state index in [-0.39, 0.29) is 0 Å². The van der Waals surface area contributed by atoms with Crippen LogP contribution in [0.1, 0.15) is 25.1 Å². The van der Waals surface area contributed by atoms with Gasteiger partial charge in [-0.3, -0.25) is 4.90 Å². The number of piperazine rings is 1. The van der Waals surface area contributed by atoms with Crippen molar-refractivity contribution >= 4 is 45.2 Å². The molecule has 0 bridgehead atoms. The van der Waals surface area contributed by atoms with Gasteiger partial charge in [-0.15, -0.1) is 11.3 Å². The number of rotatable bonds is 4. The number of aromatic nitrogens is 3. The Labute approximate surface area is 173 Å². The zero-order valence-corrected chi connectivity index (χ0v) is 18.1. The molecule has 0 aliphatic carbocycles. The van der Waals surface area contributed by atoms with Crippen molar-refractivity contribution in [3.05, 3.63) is 27.1 Å². The minimum absolute atomic E-state index is 0.306. The number of thiophene rings is 1. The van der Waals surface area contributed by atoms with E-state index >= 15 is 0 Å². The molecule has 4 rings (SSSR count). The van der Waals surface area contributed by atoms with E-state index in [2.05, 4.69) is 9.47 Å². The van der Waals surface area contributed by atoms with Crippen LogP contribution >= 0.6 is 35.2 Å². The van der Waals surface area contributed by atoms with Gasteiger partial charge in [0, 0.05) is 39.1 Å². The molecule has 1 fully saturated rings. The quantitative estimate of drug-likeness (QED) is 0.674. The first-order chi connectivity index (χ1) is 12.9. The number of fused-ring (bicyclic) bond motifs is 1. The second kappa shape index (κ2) is 7.92. The molecule has 0 aromatic carbocycles. The van der Waals surface area contributed by atoms with Gasteiger partial charge in [0.1, 0.15) is 10.0 Å². The minimum Gasteiger partial charge on any atom is -0.304 e. The zero-order valence-electron chi connectivity index (χ0n) is 14.9. The van der Waals surface area contributed by atoms with E-state index in [1.54, 1.807) is 12.1 Å². The van der Waals surface area contributed by atoms with Crippen LogP contribution in [0, 0.1) is 4.77 Å². The van der Waals surface area contributed by atoms with Crippen molar-refractivity contribution in [2.24, 2.45) is 0 Å². The van der Waals surface area contributed by atoms with Crippen molar-refractivity contribution in [1.29, 1.82) is 0 Å². The van der Waals surface area contributed by atoms with Crippen LogP contribution in [-0.2, 0) is 29.7 Å². The first kappa shape index (κ1) is 19.5. The highest BCUT2D eigenvalue weighted by atomic mass is 35.5. The topological polar surface area (TPSA) is 63.4 Å². The molecule has 0 saturated carbocycles. The molecular weight excluding hydrogens is 426 g/mol. The van der Waals surface area contributed by atoms with Gasteiger partial charge in [-0.05, 0) is 37.2 Å². The summed E-state index contributed by atoms with van der Waals surface area (Å²) in [6.45, 7) is 3.78. The Morgan fingerprint density at radius 1 is 1.11 bits per heavy atom. The fraction of sp³-hybridized carbons (Fsp3) is 0.625. The standard InChI is InChI=1S/C16H22ClN5O2S3/c17-13-5-6-15(26-13)27(23,24)20-10-8-19(9-11-20)12-22-16(25)21-7-3-1-2-4-14(21)18-22/h5-6H,1-4,7-12H2. The smallest absolute Gasteiger partial charge is 0.252 e. The fourth-order valence-electron chi connectivity index (χ4n) is 3.58. The van der Waals surface area contributed by atoms with Gasteiger partial charge >= 0.3 is 0 Å². The number of aryl methyl sites for hydroxylation is 1. The molecule has 2 aromatic heterocycles. The Kier molecular flexibility index (Phi) is 5.73. The highest BCUT2D eigenvalue weighted by molar-refractivity contribution is 7.91. The fourth-order valence-corrected chi connectivity index (χ4v) is 6.94. The molecule has 27 heavy (non-hydrogen) atoms. The maximum atomic E-state index is 12.7. The van der Waals surface area contributed by atoms with Crippen LogP contribution in [0.3, 0.4) is 0 Å². The Morgan fingerprint density at radius 3 is 2.59 bits per heavy atom. The summed E-state index contributed by atoms with van der Waals surface area (Å²) in [5.41, 5.74) is 0. The molecule has 0 unspecified atom stereocenters. The summed E-state index contributed by atoms with van der Waals surface area (Å²) < 4.78 is 32.6. The van der Waals surface area contributed by atoms with Crippen LogP contribution in [-0.4, -0.2) is 58.1 Å². The van der Waals surface area contributed by atoms with Gasteiger partial charge < -0.3 is 4.57 Å². The first-order valence-corrected chi connectivity index (χ1v) is 12.1. The largest absolute Gasteiger partial charge is 0.304 e. The number of hydrogen-bond acceptors (Lipinski definition) is 6. The molecule has 0 amide bonds. The molecule has 0 spiro atoms. The number of hydrogen-bond donors (Lipinski definition) is 0. The summed E-state index contributed by atoms with van der Waals surface area (Å²) in [4.78, 5) is 2.20. The predicted octanol–water partition coefficient (Wildman–Crippen LogP) is 2.82. The normalized spacial score (nSPS) is 19.7. The average Bonchev–Trinajstić information content (AvgIpc) is 3.12. The number of sulfonamides is 1. The predicted molar refractivity (Wildman–Crippen MR) is 108 cm³/mol. The summed E-state index contributed by atoms with van der Waals surface area (Å²) >= 11 is 12.6. The second-order valence-electron chi connectivity index (χ2n) is 6.88. The van der Waals surface area contributed by atoms with E-state index in [0.717, 1.165) is 47.7 Å². The van der Waals surface area contributed by atoms with Crippen LogP contribution in [0.2, 0.25) is 4.34 Å². The van der Waals surface area contributed by atoms with Crippen LogP contribution in [0.4, 0.5) is 0 Å². The SMILES string of the molecule is O=S(=O)(c1ccc(Cl)s1)N1CCN(Cn2nc3n(c2=S)CCCCC3)CC1. The first-order valence-electron chi connectivity index (χ1n) is 9.09. The van der Waals surface area contributed by atoms with Crippen molar-refractivity contribution in [2.75, 3.05) is 26.2 Å². The average molecular weight is 448 g/mol. The van der Waals surface area contributed by atoms with Crippen LogP contribution in [0.25, 0.3) is 0 Å². The third kappa shape index (κ3) is 4.01. The molecule has 148 valence electrons. The Hall–Kier alpha value is -0.780. The van der Waals surface area contributed by atoms with E-state index in [9.17, 15) is 8.42 Å². The lowest BCUT2D eigenvalue weighted by Crippen LogP contribution is -2.48. The lowest BCUT2D eigenvalue weighted by atomic mass is 10.2. The van der Waals surface area contributed by atoms with Gasteiger partial charge in [-0.25, -0.2) is 13.1 Å². The van der Waals surface area contributed by atoms with Crippen molar-refractivity contribution in [3.63, 3.8) is 0 Å². The second-order valence-corrected chi connectivity index (χ2v) is 11.1. The molecule has 2 aliphatic heterocycles. The van der Waals surface area contributed by atoms with Crippen molar-refractivity contribution < 1.29 is 8.42 Å². The van der Waals surface area contributed by atoms with Gasteiger partial charge in [-0.1, -0.05) is 18.0 Å².